The molecule has 0 aromatic heterocycles. The molecule has 0 saturated heterocycles. The summed E-state index contributed by atoms with van der Waals surface area (Å²) in [6.45, 7) is 4.33. The fourth-order valence-electron chi connectivity index (χ4n) is 1.09. The molecule has 1 rings (SSSR count). The normalized spacial score (nSPS) is 10.1. The van der Waals surface area contributed by atoms with Gasteiger partial charge in [-0.1, -0.05) is 26.0 Å². The predicted octanol–water partition coefficient (Wildman–Crippen LogP) is 2.47. The molecule has 0 fully saturated rings. The highest BCUT2D eigenvalue weighted by molar-refractivity contribution is 7.80. The predicted molar refractivity (Wildman–Crippen MR) is 60.9 cm³/mol. The van der Waals surface area contributed by atoms with E-state index in [1.807, 2.05) is 12.1 Å². The van der Waals surface area contributed by atoms with Crippen molar-refractivity contribution in [2.75, 3.05) is 5.32 Å². The minimum Gasteiger partial charge on any atom is -0.376 e. The van der Waals surface area contributed by atoms with E-state index in [1.54, 1.807) is 0 Å². The van der Waals surface area contributed by atoms with Crippen molar-refractivity contribution in [1.29, 1.82) is 0 Å². The van der Waals surface area contributed by atoms with Crippen molar-refractivity contribution >= 4 is 23.0 Å². The van der Waals surface area contributed by atoms with Gasteiger partial charge in [-0.25, -0.2) is 0 Å². The van der Waals surface area contributed by atoms with E-state index in [-0.39, 0.29) is 0 Å². The van der Waals surface area contributed by atoms with Gasteiger partial charge in [0.15, 0.2) is 5.11 Å². The minimum absolute atomic E-state index is 0.303. The number of anilines is 1. The molecule has 1 aromatic carbocycles. The fraction of sp³-hybridized carbons (Fsp3) is 0.300. The Morgan fingerprint density at radius 1 is 1.31 bits per heavy atom. The maximum absolute atomic E-state index is 5.34. The number of nitrogens with two attached hydrogens (primary N) is 1. The van der Waals surface area contributed by atoms with Crippen LogP contribution < -0.4 is 11.1 Å². The summed E-state index contributed by atoms with van der Waals surface area (Å²) in [5.74, 6) is 0.555. The van der Waals surface area contributed by atoms with E-state index < -0.39 is 0 Å². The second kappa shape index (κ2) is 4.23. The van der Waals surface area contributed by atoms with Gasteiger partial charge in [-0.05, 0) is 35.8 Å². The molecule has 0 unspecified atom stereocenters. The van der Waals surface area contributed by atoms with Crippen molar-refractivity contribution < 1.29 is 0 Å². The van der Waals surface area contributed by atoms with Gasteiger partial charge in [0.1, 0.15) is 0 Å². The second-order valence-corrected chi connectivity index (χ2v) is 3.71. The molecule has 70 valence electrons. The first-order valence-corrected chi connectivity index (χ1v) is 4.67. The molecule has 3 heteroatoms. The third kappa shape index (κ3) is 3.03. The van der Waals surface area contributed by atoms with Crippen molar-refractivity contribution in [1.82, 2.24) is 0 Å². The van der Waals surface area contributed by atoms with Gasteiger partial charge in [0.25, 0.3) is 0 Å². The third-order valence-electron chi connectivity index (χ3n) is 1.84. The van der Waals surface area contributed by atoms with E-state index in [4.69, 9.17) is 18.0 Å². The van der Waals surface area contributed by atoms with Crippen LogP contribution >= 0.6 is 12.2 Å². The van der Waals surface area contributed by atoms with Crippen LogP contribution in [0.5, 0.6) is 0 Å². The molecular weight excluding hydrogens is 180 g/mol. The molecule has 0 atom stereocenters. The van der Waals surface area contributed by atoms with Crippen LogP contribution in [0.15, 0.2) is 24.3 Å². The van der Waals surface area contributed by atoms with Crippen molar-refractivity contribution in [3.8, 4) is 0 Å². The molecule has 0 radical (unpaired) electrons. The highest BCUT2D eigenvalue weighted by atomic mass is 32.1. The first kappa shape index (κ1) is 9.99. The lowest BCUT2D eigenvalue weighted by atomic mass is 10.0. The lowest BCUT2D eigenvalue weighted by Crippen LogP contribution is -2.18. The molecule has 2 nitrogen and oxygen atoms in total. The number of thiocarbonyl (C=S) groups is 1. The number of hydrogen-bond donors (Lipinski definition) is 2. The molecule has 13 heavy (non-hydrogen) atoms. The highest BCUT2D eigenvalue weighted by Gasteiger charge is 1.98. The van der Waals surface area contributed by atoms with Gasteiger partial charge >= 0.3 is 0 Å². The molecule has 0 aliphatic rings. The van der Waals surface area contributed by atoms with E-state index in [2.05, 4.69) is 31.3 Å². The summed E-state index contributed by atoms with van der Waals surface area (Å²) in [5, 5.41) is 3.18. The third-order valence-corrected chi connectivity index (χ3v) is 1.95. The highest BCUT2D eigenvalue weighted by Crippen LogP contribution is 2.16. The summed E-state index contributed by atoms with van der Waals surface area (Å²) >= 11 is 4.73. The van der Waals surface area contributed by atoms with Crippen molar-refractivity contribution in [2.24, 2.45) is 5.73 Å². The number of rotatable bonds is 2. The number of hydrogen-bond acceptors (Lipinski definition) is 1. The maximum atomic E-state index is 5.34. The quantitative estimate of drug-likeness (QED) is 0.710. The zero-order chi connectivity index (χ0) is 9.84. The van der Waals surface area contributed by atoms with Crippen LogP contribution in [0.25, 0.3) is 0 Å². The standard InChI is InChI=1S/C10H14N2S/c1-7(2)8-3-5-9(6-4-8)12-10(11)13/h3-7H,1-2H3,(H3,11,12,13). The largest absolute Gasteiger partial charge is 0.376 e. The summed E-state index contributed by atoms with van der Waals surface area (Å²) < 4.78 is 0. The summed E-state index contributed by atoms with van der Waals surface area (Å²) in [6.07, 6.45) is 0. The zero-order valence-electron chi connectivity index (χ0n) is 7.87. The molecule has 1 aromatic rings. The maximum Gasteiger partial charge on any atom is 0.168 e. The van der Waals surface area contributed by atoms with E-state index in [0.717, 1.165) is 5.69 Å². The van der Waals surface area contributed by atoms with Gasteiger partial charge in [-0.15, -0.1) is 0 Å². The second-order valence-electron chi connectivity index (χ2n) is 3.27. The number of benzene rings is 1. The van der Waals surface area contributed by atoms with Crippen LogP contribution in [0.2, 0.25) is 0 Å². The Kier molecular flexibility index (Phi) is 3.25. The Hall–Kier alpha value is -1.09. The monoisotopic (exact) mass is 194 g/mol. The van der Waals surface area contributed by atoms with Crippen molar-refractivity contribution in [3.63, 3.8) is 0 Å². The fourth-order valence-corrected chi connectivity index (χ4v) is 1.21. The smallest absolute Gasteiger partial charge is 0.168 e. The van der Waals surface area contributed by atoms with E-state index in [1.165, 1.54) is 5.56 Å². The molecular formula is C10H14N2S. The lowest BCUT2D eigenvalue weighted by Gasteiger charge is -2.07. The van der Waals surface area contributed by atoms with Crippen LogP contribution in [-0.4, -0.2) is 5.11 Å². The average Bonchev–Trinajstić information content (AvgIpc) is 2.04. The Bertz CT molecular complexity index is 290. The van der Waals surface area contributed by atoms with Gasteiger partial charge in [0.05, 0.1) is 0 Å². The summed E-state index contributed by atoms with van der Waals surface area (Å²) in [7, 11) is 0. The van der Waals surface area contributed by atoms with Crippen molar-refractivity contribution in [3.05, 3.63) is 29.8 Å². The summed E-state index contributed by atoms with van der Waals surface area (Å²) in [4.78, 5) is 0. The molecule has 0 aliphatic carbocycles. The lowest BCUT2D eigenvalue weighted by molar-refractivity contribution is 0.867. The van der Waals surface area contributed by atoms with Gasteiger partial charge in [0.2, 0.25) is 0 Å². The molecule has 0 bridgehead atoms. The molecule has 0 spiro atoms. The summed E-state index contributed by atoms with van der Waals surface area (Å²) in [6, 6.07) is 8.11. The first-order valence-electron chi connectivity index (χ1n) is 4.26. The summed E-state index contributed by atoms with van der Waals surface area (Å²) in [5.41, 5.74) is 7.60. The zero-order valence-corrected chi connectivity index (χ0v) is 8.69. The molecule has 3 N–H and O–H groups in total. The van der Waals surface area contributed by atoms with Crippen LogP contribution in [-0.2, 0) is 0 Å². The van der Waals surface area contributed by atoms with Gasteiger partial charge in [-0.2, -0.15) is 0 Å². The van der Waals surface area contributed by atoms with E-state index in [0.29, 0.717) is 11.0 Å². The Labute approximate surface area is 84.1 Å². The number of nitrogens with one attached hydrogen (secondary N) is 1. The SMILES string of the molecule is CC(C)c1ccc(NC(N)=S)cc1. The Balaban J connectivity index is 2.75. The van der Waals surface area contributed by atoms with Crippen LogP contribution in [0.3, 0.4) is 0 Å². The molecule has 0 heterocycles. The topological polar surface area (TPSA) is 38.0 Å². The molecule has 0 saturated carbocycles. The van der Waals surface area contributed by atoms with Gasteiger partial charge < -0.3 is 11.1 Å². The van der Waals surface area contributed by atoms with Crippen LogP contribution in [0, 0.1) is 0 Å². The Morgan fingerprint density at radius 3 is 2.23 bits per heavy atom. The van der Waals surface area contributed by atoms with Gasteiger partial charge in [-0.3, -0.25) is 0 Å². The van der Waals surface area contributed by atoms with Crippen LogP contribution in [0.4, 0.5) is 5.69 Å². The Morgan fingerprint density at radius 2 is 1.85 bits per heavy atom. The van der Waals surface area contributed by atoms with Crippen molar-refractivity contribution in [2.45, 2.75) is 19.8 Å². The van der Waals surface area contributed by atoms with Gasteiger partial charge in [0, 0.05) is 5.69 Å². The average molecular weight is 194 g/mol. The minimum atomic E-state index is 0.303. The molecule has 0 amide bonds. The van der Waals surface area contributed by atoms with Crippen LogP contribution in [0.1, 0.15) is 25.3 Å². The molecule has 0 aliphatic heterocycles. The van der Waals surface area contributed by atoms with E-state index in [9.17, 15) is 0 Å². The van der Waals surface area contributed by atoms with E-state index >= 15 is 0 Å². The first-order chi connectivity index (χ1) is 6.09.